The van der Waals surface area contributed by atoms with Crippen LogP contribution >= 0.6 is 0 Å². The first-order chi connectivity index (χ1) is 16.9. The van der Waals surface area contributed by atoms with Gasteiger partial charge in [-0.05, 0) is 66.6 Å². The summed E-state index contributed by atoms with van der Waals surface area (Å²) in [5, 5.41) is 18.7. The van der Waals surface area contributed by atoms with Crippen molar-refractivity contribution < 1.29 is 36.2 Å². The molecule has 8 nitrogen and oxygen atoms in total. The van der Waals surface area contributed by atoms with Crippen molar-refractivity contribution in [1.82, 2.24) is 8.37 Å². The number of fused-ring (bicyclic) bond motifs is 1. The number of rotatable bonds is 7. The Labute approximate surface area is 203 Å². The first-order valence-corrected chi connectivity index (χ1v) is 11.9. The molecule has 0 aliphatic heterocycles. The van der Waals surface area contributed by atoms with Crippen molar-refractivity contribution in [3.8, 4) is 11.8 Å². The molecule has 1 N–H and O–H groups in total. The molecule has 0 atom stereocenters. The highest BCUT2D eigenvalue weighted by molar-refractivity contribution is 7.90. The van der Waals surface area contributed by atoms with Crippen LogP contribution < -0.4 is 4.74 Å². The fourth-order valence-corrected chi connectivity index (χ4v) is 5.42. The Morgan fingerprint density at radius 2 is 1.83 bits per heavy atom. The molecule has 0 aliphatic carbocycles. The van der Waals surface area contributed by atoms with Crippen molar-refractivity contribution in [3.63, 3.8) is 0 Å². The highest BCUT2D eigenvalue weighted by Gasteiger charge is 2.31. The van der Waals surface area contributed by atoms with Crippen LogP contribution in [0.2, 0.25) is 0 Å². The maximum Gasteiger partial charge on any atom is 0.573 e. The second-order valence-corrected chi connectivity index (χ2v) is 9.72. The lowest BCUT2D eigenvalue weighted by atomic mass is 10.1. The van der Waals surface area contributed by atoms with Gasteiger partial charge in [0.1, 0.15) is 11.8 Å². The molecule has 12 heteroatoms. The molecule has 0 spiro atoms. The van der Waals surface area contributed by atoms with Gasteiger partial charge in [0.25, 0.3) is 10.0 Å². The number of hydrogen-bond donors (Lipinski definition) is 1. The SMILES string of the molecule is Cc1c(CC(=O)O)c2ccc(C#N)cn2c1Cc1cccn1S(=O)(=O)c1ccc(OC(F)(F)F)cc1. The second kappa shape index (κ2) is 9.09. The van der Waals surface area contributed by atoms with Crippen LogP contribution in [-0.4, -0.2) is 34.2 Å². The molecular formula is C24H18F3N3O5S. The summed E-state index contributed by atoms with van der Waals surface area (Å²) in [7, 11) is -4.17. The number of pyridine rings is 1. The van der Waals surface area contributed by atoms with Gasteiger partial charge in [0.15, 0.2) is 0 Å². The van der Waals surface area contributed by atoms with E-state index in [9.17, 15) is 36.8 Å². The highest BCUT2D eigenvalue weighted by atomic mass is 32.2. The zero-order valence-corrected chi connectivity index (χ0v) is 19.5. The number of hydrogen-bond acceptors (Lipinski definition) is 5. The molecule has 1 aromatic carbocycles. The smallest absolute Gasteiger partial charge is 0.481 e. The number of alkyl halides is 3. The van der Waals surface area contributed by atoms with Gasteiger partial charge in [0.2, 0.25) is 0 Å². The van der Waals surface area contributed by atoms with Crippen molar-refractivity contribution in [2.45, 2.75) is 31.0 Å². The van der Waals surface area contributed by atoms with Gasteiger partial charge in [-0.15, -0.1) is 13.2 Å². The molecule has 3 heterocycles. The van der Waals surface area contributed by atoms with Crippen LogP contribution in [0.4, 0.5) is 13.2 Å². The maximum absolute atomic E-state index is 13.3. The minimum Gasteiger partial charge on any atom is -0.481 e. The predicted octanol–water partition coefficient (Wildman–Crippen LogP) is 4.27. The van der Waals surface area contributed by atoms with Gasteiger partial charge in [0, 0.05) is 35.7 Å². The Balaban J connectivity index is 1.75. The van der Waals surface area contributed by atoms with E-state index in [4.69, 9.17) is 0 Å². The third-order valence-electron chi connectivity index (χ3n) is 5.65. The van der Waals surface area contributed by atoms with E-state index in [-0.39, 0.29) is 17.7 Å². The predicted molar refractivity (Wildman–Crippen MR) is 121 cm³/mol. The summed E-state index contributed by atoms with van der Waals surface area (Å²) in [5.74, 6) is -1.59. The maximum atomic E-state index is 13.3. The van der Waals surface area contributed by atoms with Gasteiger partial charge < -0.3 is 14.2 Å². The van der Waals surface area contributed by atoms with Crippen LogP contribution in [0.15, 0.2) is 65.8 Å². The van der Waals surface area contributed by atoms with Crippen LogP contribution in [0.1, 0.15) is 28.1 Å². The van der Waals surface area contributed by atoms with Crippen LogP contribution in [-0.2, 0) is 27.7 Å². The number of aromatic nitrogens is 2. The number of ether oxygens (including phenoxy) is 1. The van der Waals surface area contributed by atoms with E-state index in [1.54, 1.807) is 35.7 Å². The van der Waals surface area contributed by atoms with E-state index < -0.39 is 28.1 Å². The molecule has 0 unspecified atom stereocenters. The molecule has 4 rings (SSSR count). The molecule has 0 radical (unpaired) electrons. The summed E-state index contributed by atoms with van der Waals surface area (Å²) in [5.41, 5.74) is 3.05. The summed E-state index contributed by atoms with van der Waals surface area (Å²) in [4.78, 5) is 11.2. The molecular weight excluding hydrogens is 499 g/mol. The number of aliphatic carboxylic acids is 1. The zero-order valence-electron chi connectivity index (χ0n) is 18.7. The summed E-state index contributed by atoms with van der Waals surface area (Å²) in [6.07, 6.45) is -2.22. The van der Waals surface area contributed by atoms with E-state index in [2.05, 4.69) is 4.74 Å². The molecule has 4 aromatic rings. The monoisotopic (exact) mass is 517 g/mol. The second-order valence-electron chi connectivity index (χ2n) is 7.90. The largest absolute Gasteiger partial charge is 0.573 e. The summed E-state index contributed by atoms with van der Waals surface area (Å²) in [6.45, 7) is 1.73. The van der Waals surface area contributed by atoms with E-state index >= 15 is 0 Å². The third kappa shape index (κ3) is 4.78. The first-order valence-electron chi connectivity index (χ1n) is 10.4. The van der Waals surface area contributed by atoms with Crippen molar-refractivity contribution in [2.75, 3.05) is 0 Å². The molecule has 0 saturated carbocycles. The van der Waals surface area contributed by atoms with E-state index in [0.717, 1.165) is 28.2 Å². The van der Waals surface area contributed by atoms with Gasteiger partial charge in [-0.2, -0.15) is 5.26 Å². The fourth-order valence-electron chi connectivity index (χ4n) is 4.05. The third-order valence-corrected chi connectivity index (χ3v) is 7.39. The van der Waals surface area contributed by atoms with Gasteiger partial charge in [-0.25, -0.2) is 12.4 Å². The molecule has 0 fully saturated rings. The van der Waals surface area contributed by atoms with E-state index in [1.807, 2.05) is 6.07 Å². The van der Waals surface area contributed by atoms with Crippen molar-refractivity contribution in [2.24, 2.45) is 0 Å². The summed E-state index contributed by atoms with van der Waals surface area (Å²) < 4.78 is 70.3. The minimum atomic E-state index is -4.91. The molecule has 36 heavy (non-hydrogen) atoms. The number of halogens is 3. The zero-order chi connectivity index (χ0) is 26.3. The Hall–Kier alpha value is -4.24. The fraction of sp³-hybridized carbons (Fsp3) is 0.167. The Morgan fingerprint density at radius 3 is 2.44 bits per heavy atom. The number of nitriles is 1. The Morgan fingerprint density at radius 1 is 1.14 bits per heavy atom. The van der Waals surface area contributed by atoms with Crippen LogP contribution in [0.25, 0.3) is 5.52 Å². The Kier molecular flexibility index (Phi) is 6.28. The molecule has 3 aromatic heterocycles. The molecule has 0 saturated heterocycles. The average molecular weight is 517 g/mol. The lowest BCUT2D eigenvalue weighted by Crippen LogP contribution is -2.18. The van der Waals surface area contributed by atoms with E-state index in [1.165, 1.54) is 12.3 Å². The summed E-state index contributed by atoms with van der Waals surface area (Å²) >= 11 is 0. The first kappa shape index (κ1) is 24.9. The van der Waals surface area contributed by atoms with Crippen LogP contribution in [0.5, 0.6) is 5.75 Å². The standard InChI is InChI=1S/C24H18F3N3O5S/c1-15-20(12-23(31)32)21-9-4-16(13-28)14-29(21)22(15)11-17-3-2-10-30(17)36(33,34)19-7-5-18(6-8-19)35-24(25,26)27/h2-10,14H,11-12H2,1H3,(H,31,32). The van der Waals surface area contributed by atoms with Crippen LogP contribution in [0, 0.1) is 18.3 Å². The Bertz CT molecular complexity index is 1610. The number of carboxylic acid groups (broad SMARTS) is 1. The lowest BCUT2D eigenvalue weighted by Gasteiger charge is -2.13. The highest BCUT2D eigenvalue weighted by Crippen LogP contribution is 2.29. The minimum absolute atomic E-state index is 0.0724. The van der Waals surface area contributed by atoms with Crippen LogP contribution in [0.3, 0.4) is 0 Å². The van der Waals surface area contributed by atoms with Crippen molar-refractivity contribution in [3.05, 3.63) is 89.0 Å². The van der Waals surface area contributed by atoms with Gasteiger partial charge >= 0.3 is 12.3 Å². The molecule has 0 aliphatic rings. The van der Waals surface area contributed by atoms with Gasteiger partial charge in [0.05, 0.1) is 16.9 Å². The lowest BCUT2D eigenvalue weighted by molar-refractivity contribution is -0.274. The van der Waals surface area contributed by atoms with E-state index in [0.29, 0.717) is 33.6 Å². The van der Waals surface area contributed by atoms with Crippen molar-refractivity contribution >= 4 is 21.5 Å². The number of benzene rings is 1. The summed E-state index contributed by atoms with van der Waals surface area (Å²) in [6, 6.07) is 12.2. The van der Waals surface area contributed by atoms with Crippen molar-refractivity contribution in [1.29, 1.82) is 5.26 Å². The van der Waals surface area contributed by atoms with Gasteiger partial charge in [-0.1, -0.05) is 0 Å². The molecule has 186 valence electrons. The number of carbonyl (C=O) groups is 1. The average Bonchev–Trinajstić information content (AvgIpc) is 3.37. The topological polar surface area (TPSA) is 114 Å². The number of nitrogens with zero attached hydrogens (tertiary/aromatic N) is 3. The molecule has 0 bridgehead atoms. The quantitative estimate of drug-likeness (QED) is 0.392. The molecule has 0 amide bonds. The number of carboxylic acids is 1. The normalized spacial score (nSPS) is 12.0. The van der Waals surface area contributed by atoms with Gasteiger partial charge in [-0.3, -0.25) is 4.79 Å².